The second-order valence-electron chi connectivity index (χ2n) is 7.70. The molecule has 184 valence electrons. The van der Waals surface area contributed by atoms with E-state index in [2.05, 4.69) is 20.8 Å². The molecule has 0 bridgehead atoms. The van der Waals surface area contributed by atoms with Gasteiger partial charge in [-0.2, -0.15) is 13.2 Å². The van der Waals surface area contributed by atoms with Crippen LogP contribution in [0.1, 0.15) is 21.5 Å². The van der Waals surface area contributed by atoms with Gasteiger partial charge in [0.1, 0.15) is 11.0 Å². The minimum Gasteiger partial charge on any atom is -0.340 e. The molecule has 11 heteroatoms. The number of nitrogens with zero attached hydrogens (tertiary/aromatic N) is 2. The number of hydrogen-bond donors (Lipinski definition) is 2. The maximum absolute atomic E-state index is 13.1. The lowest BCUT2D eigenvalue weighted by Gasteiger charge is -2.18. The largest absolute Gasteiger partial charge is 0.416 e. The van der Waals surface area contributed by atoms with Crippen LogP contribution in [0.5, 0.6) is 0 Å². The summed E-state index contributed by atoms with van der Waals surface area (Å²) < 4.78 is 38.5. The third-order valence-corrected chi connectivity index (χ3v) is 6.26. The molecule has 0 radical (unpaired) electrons. The number of nitrogens with one attached hydrogen (secondary N) is 2. The van der Waals surface area contributed by atoms with Crippen LogP contribution >= 0.6 is 22.9 Å². The molecule has 2 N–H and O–H groups in total. The number of carbonyl (C=O) groups excluding carboxylic acids is 2. The Balaban J connectivity index is 1.50. The predicted octanol–water partition coefficient (Wildman–Crippen LogP) is 5.86. The summed E-state index contributed by atoms with van der Waals surface area (Å²) in [5, 5.41) is 14.7. The van der Waals surface area contributed by atoms with Gasteiger partial charge in [-0.3, -0.25) is 14.9 Å². The van der Waals surface area contributed by atoms with Crippen LogP contribution in [0.15, 0.2) is 78.9 Å². The van der Waals surface area contributed by atoms with Crippen molar-refractivity contribution < 1.29 is 22.8 Å². The van der Waals surface area contributed by atoms with Gasteiger partial charge in [-0.15, -0.1) is 10.2 Å². The molecule has 3 aromatic carbocycles. The third kappa shape index (κ3) is 6.46. The van der Waals surface area contributed by atoms with Crippen LogP contribution in [0.25, 0.3) is 10.6 Å². The van der Waals surface area contributed by atoms with Crippen LogP contribution in [0.3, 0.4) is 0 Å². The van der Waals surface area contributed by atoms with Crippen LogP contribution in [0, 0.1) is 0 Å². The Labute approximate surface area is 213 Å². The Hall–Kier alpha value is -3.76. The molecule has 1 heterocycles. The van der Waals surface area contributed by atoms with E-state index < -0.39 is 29.6 Å². The van der Waals surface area contributed by atoms with Crippen molar-refractivity contribution in [2.24, 2.45) is 0 Å². The minimum atomic E-state index is -4.52. The second kappa shape index (κ2) is 10.9. The molecule has 1 aromatic heterocycles. The molecule has 0 saturated carbocycles. The van der Waals surface area contributed by atoms with Gasteiger partial charge in [0.05, 0.1) is 5.56 Å². The first kappa shape index (κ1) is 25.3. The fourth-order valence-corrected chi connectivity index (χ4v) is 4.16. The average molecular weight is 531 g/mol. The SMILES string of the molecule is O=C(NC(Cc1ccccc1)C(=O)Nc1nnc(-c2ccc(Cl)cc2)s1)c1ccc(C(F)(F)F)cc1. The number of hydrogen-bond acceptors (Lipinski definition) is 5. The summed E-state index contributed by atoms with van der Waals surface area (Å²) in [7, 11) is 0. The average Bonchev–Trinajstić information content (AvgIpc) is 3.32. The number of alkyl halides is 3. The maximum atomic E-state index is 13.1. The molecule has 1 unspecified atom stereocenters. The number of halogens is 4. The molecule has 2 amide bonds. The Morgan fingerprint density at radius 1 is 0.917 bits per heavy atom. The fourth-order valence-electron chi connectivity index (χ4n) is 3.29. The van der Waals surface area contributed by atoms with Gasteiger partial charge in [0, 0.05) is 22.6 Å². The Morgan fingerprint density at radius 3 is 2.22 bits per heavy atom. The summed E-state index contributed by atoms with van der Waals surface area (Å²) in [6.07, 6.45) is -4.36. The Kier molecular flexibility index (Phi) is 7.66. The van der Waals surface area contributed by atoms with E-state index in [1.165, 1.54) is 0 Å². The quantitative estimate of drug-likeness (QED) is 0.313. The number of rotatable bonds is 7. The van der Waals surface area contributed by atoms with E-state index in [4.69, 9.17) is 11.6 Å². The van der Waals surface area contributed by atoms with Gasteiger partial charge in [-0.1, -0.05) is 65.4 Å². The Bertz CT molecular complexity index is 1340. The predicted molar refractivity (Wildman–Crippen MR) is 132 cm³/mol. The number of anilines is 1. The van der Waals surface area contributed by atoms with Crippen molar-refractivity contribution in [2.75, 3.05) is 5.32 Å². The number of amides is 2. The molecule has 0 aliphatic rings. The highest BCUT2D eigenvalue weighted by molar-refractivity contribution is 7.18. The van der Waals surface area contributed by atoms with Crippen LogP contribution < -0.4 is 10.6 Å². The molecular weight excluding hydrogens is 513 g/mol. The minimum absolute atomic E-state index is 0.00481. The standard InChI is InChI=1S/C25H18ClF3N4O2S/c26-19-12-8-17(9-13-19)23-32-33-24(36-23)31-22(35)20(14-15-4-2-1-3-5-15)30-21(34)16-6-10-18(11-7-16)25(27,28)29/h1-13,20H,14H2,(H,30,34)(H,31,33,35). The van der Waals surface area contributed by atoms with Crippen molar-refractivity contribution in [3.63, 3.8) is 0 Å². The zero-order valence-electron chi connectivity index (χ0n) is 18.4. The van der Waals surface area contributed by atoms with E-state index in [0.29, 0.717) is 10.0 Å². The highest BCUT2D eigenvalue weighted by Crippen LogP contribution is 2.29. The van der Waals surface area contributed by atoms with Gasteiger partial charge in [-0.05, 0) is 42.0 Å². The van der Waals surface area contributed by atoms with E-state index >= 15 is 0 Å². The van der Waals surface area contributed by atoms with Crippen molar-refractivity contribution >= 4 is 39.9 Å². The summed E-state index contributed by atoms with van der Waals surface area (Å²) in [6.45, 7) is 0. The molecule has 0 saturated heterocycles. The van der Waals surface area contributed by atoms with E-state index in [9.17, 15) is 22.8 Å². The van der Waals surface area contributed by atoms with E-state index in [-0.39, 0.29) is 17.1 Å². The van der Waals surface area contributed by atoms with Gasteiger partial charge in [0.15, 0.2) is 0 Å². The van der Waals surface area contributed by atoms with Gasteiger partial charge >= 0.3 is 6.18 Å². The first-order valence-corrected chi connectivity index (χ1v) is 11.8. The number of carbonyl (C=O) groups is 2. The number of benzene rings is 3. The highest BCUT2D eigenvalue weighted by Gasteiger charge is 2.30. The lowest BCUT2D eigenvalue weighted by Crippen LogP contribution is -2.45. The van der Waals surface area contributed by atoms with Crippen molar-refractivity contribution in [1.82, 2.24) is 15.5 Å². The molecule has 4 aromatic rings. The first-order valence-electron chi connectivity index (χ1n) is 10.6. The fraction of sp³-hybridized carbons (Fsp3) is 0.120. The Morgan fingerprint density at radius 2 is 1.58 bits per heavy atom. The summed E-state index contributed by atoms with van der Waals surface area (Å²) in [6, 6.07) is 18.7. The van der Waals surface area contributed by atoms with Crippen LogP contribution in [0.2, 0.25) is 5.02 Å². The molecule has 0 fully saturated rings. The molecule has 36 heavy (non-hydrogen) atoms. The van der Waals surface area contributed by atoms with E-state index in [1.807, 2.05) is 6.07 Å². The van der Waals surface area contributed by atoms with Gasteiger partial charge in [0.25, 0.3) is 5.91 Å². The van der Waals surface area contributed by atoms with Gasteiger partial charge < -0.3 is 5.32 Å². The van der Waals surface area contributed by atoms with Gasteiger partial charge in [-0.25, -0.2) is 0 Å². The van der Waals surface area contributed by atoms with Crippen molar-refractivity contribution in [3.8, 4) is 10.6 Å². The molecular formula is C25H18ClF3N4O2S. The van der Waals surface area contributed by atoms with Crippen LogP contribution in [-0.4, -0.2) is 28.1 Å². The zero-order valence-corrected chi connectivity index (χ0v) is 20.0. The van der Waals surface area contributed by atoms with Crippen LogP contribution in [-0.2, 0) is 17.4 Å². The van der Waals surface area contributed by atoms with Crippen molar-refractivity contribution in [1.29, 1.82) is 0 Å². The normalized spacial score (nSPS) is 12.1. The summed E-state index contributed by atoms with van der Waals surface area (Å²) in [5.74, 6) is -1.23. The lowest BCUT2D eigenvalue weighted by molar-refractivity contribution is -0.137. The van der Waals surface area contributed by atoms with E-state index in [0.717, 1.165) is 46.7 Å². The monoisotopic (exact) mass is 530 g/mol. The highest BCUT2D eigenvalue weighted by atomic mass is 35.5. The molecule has 0 aliphatic heterocycles. The zero-order chi connectivity index (χ0) is 25.7. The third-order valence-electron chi connectivity index (χ3n) is 5.13. The number of aromatic nitrogens is 2. The van der Waals surface area contributed by atoms with Crippen molar-refractivity contribution in [3.05, 3.63) is 101 Å². The molecule has 1 atom stereocenters. The topological polar surface area (TPSA) is 84.0 Å². The molecule has 0 aliphatic carbocycles. The lowest BCUT2D eigenvalue weighted by atomic mass is 10.0. The second-order valence-corrected chi connectivity index (χ2v) is 9.11. The van der Waals surface area contributed by atoms with Crippen molar-refractivity contribution in [2.45, 2.75) is 18.6 Å². The van der Waals surface area contributed by atoms with Gasteiger partial charge in [0.2, 0.25) is 11.0 Å². The van der Waals surface area contributed by atoms with Crippen LogP contribution in [0.4, 0.5) is 18.3 Å². The smallest absolute Gasteiger partial charge is 0.340 e. The molecule has 0 spiro atoms. The maximum Gasteiger partial charge on any atom is 0.416 e. The summed E-state index contributed by atoms with van der Waals surface area (Å²) in [5.41, 5.74) is 0.679. The first-order chi connectivity index (χ1) is 17.2. The summed E-state index contributed by atoms with van der Waals surface area (Å²) >= 11 is 7.06. The molecule has 4 rings (SSSR count). The molecule has 6 nitrogen and oxygen atoms in total. The summed E-state index contributed by atoms with van der Waals surface area (Å²) in [4.78, 5) is 25.9. The van der Waals surface area contributed by atoms with E-state index in [1.54, 1.807) is 48.5 Å².